The maximum Gasteiger partial charge on any atom is 0.126 e. The summed E-state index contributed by atoms with van der Waals surface area (Å²) in [7, 11) is -1.17. The Bertz CT molecular complexity index is 916. The highest BCUT2D eigenvalue weighted by Crippen LogP contribution is 2.23. The lowest BCUT2D eigenvalue weighted by atomic mass is 10.2. The Labute approximate surface area is 169 Å². The first kappa shape index (κ1) is 19.4. The topological polar surface area (TPSA) is 42.9 Å². The van der Waals surface area contributed by atoms with E-state index in [9.17, 15) is 4.21 Å². The number of hydrogen-bond acceptors (Lipinski definition) is 4. The van der Waals surface area contributed by atoms with Crippen LogP contribution in [0.4, 0.5) is 0 Å². The molecule has 0 aliphatic rings. The first-order valence-corrected chi connectivity index (χ1v) is 10.9. The lowest BCUT2D eigenvalue weighted by Gasteiger charge is -2.07. The summed E-state index contributed by atoms with van der Waals surface area (Å²) in [4.78, 5) is 9.63. The molecule has 26 heavy (non-hydrogen) atoms. The van der Waals surface area contributed by atoms with Crippen LogP contribution in [0.25, 0.3) is 0 Å². The first-order chi connectivity index (χ1) is 12.5. The molecule has 0 unspecified atom stereocenters. The molecular formula is C19H16Cl2N2OS2. The molecular weight excluding hydrogens is 407 g/mol. The molecule has 1 heterocycles. The van der Waals surface area contributed by atoms with Gasteiger partial charge in [-0.25, -0.2) is 9.97 Å². The summed E-state index contributed by atoms with van der Waals surface area (Å²) in [6.45, 7) is 1.85. The highest BCUT2D eigenvalue weighted by molar-refractivity contribution is 7.98. The zero-order chi connectivity index (χ0) is 18.5. The minimum Gasteiger partial charge on any atom is -0.254 e. The van der Waals surface area contributed by atoms with Crippen LogP contribution in [0.5, 0.6) is 0 Å². The smallest absolute Gasteiger partial charge is 0.126 e. The van der Waals surface area contributed by atoms with Gasteiger partial charge in [-0.1, -0.05) is 35.3 Å². The molecule has 2 aromatic carbocycles. The van der Waals surface area contributed by atoms with Gasteiger partial charge < -0.3 is 0 Å². The summed E-state index contributed by atoms with van der Waals surface area (Å²) >= 11 is 13.4. The molecule has 1 aromatic heterocycles. The van der Waals surface area contributed by atoms with Gasteiger partial charge in [0.25, 0.3) is 0 Å². The van der Waals surface area contributed by atoms with Crippen LogP contribution in [0, 0.1) is 6.92 Å². The van der Waals surface area contributed by atoms with Crippen molar-refractivity contribution < 1.29 is 4.21 Å². The summed E-state index contributed by atoms with van der Waals surface area (Å²) in [5.41, 5.74) is 1.94. The van der Waals surface area contributed by atoms with E-state index in [1.807, 2.05) is 37.3 Å². The van der Waals surface area contributed by atoms with E-state index >= 15 is 0 Å². The second kappa shape index (κ2) is 9.00. The van der Waals surface area contributed by atoms with Crippen molar-refractivity contribution in [1.82, 2.24) is 9.97 Å². The van der Waals surface area contributed by atoms with Crippen molar-refractivity contribution in [3.05, 3.63) is 81.7 Å². The molecule has 0 saturated carbocycles. The molecule has 0 radical (unpaired) electrons. The molecule has 0 aliphatic carbocycles. The average molecular weight is 423 g/mol. The van der Waals surface area contributed by atoms with E-state index in [0.717, 1.165) is 26.4 Å². The van der Waals surface area contributed by atoms with E-state index in [2.05, 4.69) is 9.97 Å². The highest BCUT2D eigenvalue weighted by atomic mass is 35.5. The molecule has 0 bridgehead atoms. The predicted molar refractivity (Wildman–Crippen MR) is 109 cm³/mol. The van der Waals surface area contributed by atoms with Crippen molar-refractivity contribution in [3.8, 4) is 0 Å². The van der Waals surface area contributed by atoms with Crippen LogP contribution in [0.15, 0.2) is 64.5 Å². The van der Waals surface area contributed by atoms with Crippen LogP contribution in [0.3, 0.4) is 0 Å². The van der Waals surface area contributed by atoms with Crippen molar-refractivity contribution in [3.63, 3.8) is 0 Å². The number of thioether (sulfide) groups is 1. The minimum atomic E-state index is -1.17. The number of halogens is 2. The van der Waals surface area contributed by atoms with E-state index in [0.29, 0.717) is 16.6 Å². The molecule has 3 nitrogen and oxygen atoms in total. The summed E-state index contributed by atoms with van der Waals surface area (Å²) in [6, 6.07) is 16.7. The van der Waals surface area contributed by atoms with E-state index < -0.39 is 10.8 Å². The molecule has 134 valence electrons. The van der Waals surface area contributed by atoms with Gasteiger partial charge in [0.2, 0.25) is 0 Å². The van der Waals surface area contributed by atoms with E-state index in [4.69, 9.17) is 23.2 Å². The third-order valence-electron chi connectivity index (χ3n) is 3.52. The van der Waals surface area contributed by atoms with Gasteiger partial charge in [-0.3, -0.25) is 4.21 Å². The lowest BCUT2D eigenvalue weighted by molar-refractivity contribution is 0.681. The molecule has 3 rings (SSSR count). The van der Waals surface area contributed by atoms with Crippen LogP contribution in [0.2, 0.25) is 10.0 Å². The normalized spacial score (nSPS) is 12.1. The molecule has 1 atom stereocenters. The summed E-state index contributed by atoms with van der Waals surface area (Å²) in [6.07, 6.45) is 0. The largest absolute Gasteiger partial charge is 0.254 e. The van der Waals surface area contributed by atoms with Gasteiger partial charge in [-0.2, -0.15) is 0 Å². The molecule has 0 fully saturated rings. The maximum atomic E-state index is 12.5. The van der Waals surface area contributed by atoms with Crippen LogP contribution in [-0.4, -0.2) is 14.2 Å². The zero-order valence-corrected chi connectivity index (χ0v) is 17.1. The molecule has 0 saturated heterocycles. The monoisotopic (exact) mass is 422 g/mol. The molecule has 0 N–H and O–H groups in total. The Morgan fingerprint density at radius 1 is 0.962 bits per heavy atom. The van der Waals surface area contributed by atoms with Crippen LogP contribution < -0.4 is 0 Å². The van der Waals surface area contributed by atoms with Gasteiger partial charge in [0.05, 0.1) is 22.2 Å². The summed E-state index contributed by atoms with van der Waals surface area (Å²) in [5.74, 6) is 1.81. The van der Waals surface area contributed by atoms with Gasteiger partial charge in [0.15, 0.2) is 0 Å². The van der Waals surface area contributed by atoms with E-state index in [1.54, 1.807) is 36.0 Å². The van der Waals surface area contributed by atoms with Gasteiger partial charge in [0, 0.05) is 20.7 Å². The third-order valence-corrected chi connectivity index (χ3v) is 6.37. The number of benzene rings is 2. The SMILES string of the molecule is Cc1nc(C[S@@](=O)c2ccc(Cl)cc2)cc(SCc2ccc(Cl)cc2)n1. The molecule has 0 spiro atoms. The number of aromatic nitrogens is 2. The van der Waals surface area contributed by atoms with Gasteiger partial charge in [-0.15, -0.1) is 11.8 Å². The minimum absolute atomic E-state index is 0.347. The zero-order valence-electron chi connectivity index (χ0n) is 14.0. The fraction of sp³-hybridized carbons (Fsp3) is 0.158. The van der Waals surface area contributed by atoms with Gasteiger partial charge in [-0.05, 0) is 55.0 Å². The summed E-state index contributed by atoms with van der Waals surface area (Å²) < 4.78 is 12.5. The Balaban J connectivity index is 1.69. The Kier molecular flexibility index (Phi) is 6.70. The Morgan fingerprint density at radius 3 is 2.23 bits per heavy atom. The van der Waals surface area contributed by atoms with E-state index in [-0.39, 0.29) is 0 Å². The third kappa shape index (κ3) is 5.55. The number of hydrogen-bond donors (Lipinski definition) is 0. The van der Waals surface area contributed by atoms with Crippen molar-refractivity contribution >= 4 is 45.8 Å². The average Bonchev–Trinajstić information content (AvgIpc) is 2.61. The molecule has 0 aliphatic heterocycles. The van der Waals surface area contributed by atoms with Crippen LogP contribution >= 0.6 is 35.0 Å². The molecule has 0 amide bonds. The molecule has 3 aromatic rings. The molecule has 7 heteroatoms. The van der Waals surface area contributed by atoms with Gasteiger partial charge in [0.1, 0.15) is 10.9 Å². The fourth-order valence-electron chi connectivity index (χ4n) is 2.29. The van der Waals surface area contributed by atoms with Crippen LogP contribution in [0.1, 0.15) is 17.1 Å². The maximum absolute atomic E-state index is 12.5. The standard InChI is InChI=1S/C19H16Cl2N2OS2/c1-13-22-17(12-26(24)18-8-6-16(21)7-9-18)10-19(23-13)25-11-14-2-4-15(20)5-3-14/h2-10H,11-12H2,1H3/t26-/m1/s1. The first-order valence-electron chi connectivity index (χ1n) is 7.85. The summed E-state index contributed by atoms with van der Waals surface area (Å²) in [5, 5.41) is 2.23. The van der Waals surface area contributed by atoms with Crippen molar-refractivity contribution in [2.75, 3.05) is 0 Å². The number of nitrogens with zero attached hydrogens (tertiary/aromatic N) is 2. The Morgan fingerprint density at radius 2 is 1.58 bits per heavy atom. The Hall–Kier alpha value is -1.40. The van der Waals surface area contributed by atoms with Crippen molar-refractivity contribution in [2.45, 2.75) is 28.4 Å². The van der Waals surface area contributed by atoms with Crippen molar-refractivity contribution in [1.29, 1.82) is 0 Å². The fourth-order valence-corrected chi connectivity index (χ4v) is 4.49. The predicted octanol–water partition coefficient (Wildman–Crippen LogP) is 5.69. The highest BCUT2D eigenvalue weighted by Gasteiger charge is 2.09. The number of aryl methyl sites for hydroxylation is 1. The number of rotatable bonds is 6. The van der Waals surface area contributed by atoms with Gasteiger partial charge >= 0.3 is 0 Å². The van der Waals surface area contributed by atoms with Crippen LogP contribution in [-0.2, 0) is 22.3 Å². The second-order valence-corrected chi connectivity index (χ2v) is 8.92. The van der Waals surface area contributed by atoms with Crippen molar-refractivity contribution in [2.24, 2.45) is 0 Å². The lowest BCUT2D eigenvalue weighted by Crippen LogP contribution is -2.02. The van der Waals surface area contributed by atoms with E-state index in [1.165, 1.54) is 5.56 Å². The second-order valence-electron chi connectivity index (χ2n) is 5.60. The quantitative estimate of drug-likeness (QED) is 0.377.